The number of thioether (sulfide) groups is 1. The van der Waals surface area contributed by atoms with Gasteiger partial charge in [0.25, 0.3) is 5.56 Å². The highest BCUT2D eigenvalue weighted by atomic mass is 32.2. The summed E-state index contributed by atoms with van der Waals surface area (Å²) in [4.78, 5) is 29.8. The summed E-state index contributed by atoms with van der Waals surface area (Å²) in [6.07, 6.45) is 1.94. The minimum Gasteiger partial charge on any atom is -0.465 e. The Morgan fingerprint density at radius 3 is 2.42 bits per heavy atom. The maximum atomic E-state index is 13.3. The van der Waals surface area contributed by atoms with Gasteiger partial charge < -0.3 is 4.74 Å². The fourth-order valence-electron chi connectivity index (χ4n) is 3.39. The summed E-state index contributed by atoms with van der Waals surface area (Å²) in [6.45, 7) is 0. The van der Waals surface area contributed by atoms with Gasteiger partial charge in [-0.15, -0.1) is 0 Å². The zero-order valence-corrected chi connectivity index (χ0v) is 18.0. The first-order valence-electron chi connectivity index (χ1n) is 10.0. The number of methoxy groups -OCH3 is 1. The molecule has 0 bridgehead atoms. The van der Waals surface area contributed by atoms with Crippen LogP contribution in [0.15, 0.2) is 88.8 Å². The van der Waals surface area contributed by atoms with Crippen LogP contribution in [0.25, 0.3) is 16.6 Å². The number of nitrogens with zero attached hydrogens (tertiary/aromatic N) is 2. The largest absolute Gasteiger partial charge is 0.465 e. The molecule has 4 aromatic rings. The molecule has 5 nitrogen and oxygen atoms in total. The van der Waals surface area contributed by atoms with Gasteiger partial charge in [-0.25, -0.2) is 9.78 Å². The maximum absolute atomic E-state index is 13.3. The Balaban J connectivity index is 1.65. The van der Waals surface area contributed by atoms with Crippen LogP contribution in [0.2, 0.25) is 0 Å². The van der Waals surface area contributed by atoms with Crippen LogP contribution in [0.3, 0.4) is 0 Å². The van der Waals surface area contributed by atoms with Gasteiger partial charge in [-0.2, -0.15) is 0 Å². The fraction of sp³-hybridized carbons (Fsp3) is 0.160. The second kappa shape index (κ2) is 9.62. The van der Waals surface area contributed by atoms with Crippen molar-refractivity contribution in [3.8, 4) is 5.69 Å². The SMILES string of the molecule is COC(=O)c1ccc(-n2c(SCCCc3ccccc3)nc3ccccc3c2=O)cc1. The van der Waals surface area contributed by atoms with Crippen molar-refractivity contribution in [3.05, 3.63) is 100 Å². The number of fused-ring (bicyclic) bond motifs is 1. The number of aryl methyl sites for hydroxylation is 1. The molecule has 3 aromatic carbocycles. The molecule has 1 aromatic heterocycles. The van der Waals surface area contributed by atoms with Crippen molar-refractivity contribution in [1.29, 1.82) is 0 Å². The van der Waals surface area contributed by atoms with Gasteiger partial charge >= 0.3 is 5.97 Å². The molecule has 156 valence electrons. The van der Waals surface area contributed by atoms with Crippen molar-refractivity contribution in [1.82, 2.24) is 9.55 Å². The summed E-state index contributed by atoms with van der Waals surface area (Å²) in [5, 5.41) is 1.20. The van der Waals surface area contributed by atoms with Gasteiger partial charge in [0.1, 0.15) is 0 Å². The summed E-state index contributed by atoms with van der Waals surface area (Å²) in [7, 11) is 1.35. The Hall–Kier alpha value is -3.38. The van der Waals surface area contributed by atoms with Crippen LogP contribution in [0.4, 0.5) is 0 Å². The lowest BCUT2D eigenvalue weighted by Crippen LogP contribution is -2.22. The molecule has 0 radical (unpaired) electrons. The third-order valence-corrected chi connectivity index (χ3v) is 6.00. The molecule has 0 N–H and O–H groups in total. The van der Waals surface area contributed by atoms with E-state index in [1.165, 1.54) is 12.7 Å². The third kappa shape index (κ3) is 4.70. The third-order valence-electron chi connectivity index (χ3n) is 4.98. The van der Waals surface area contributed by atoms with Gasteiger partial charge in [0.05, 0.1) is 29.3 Å². The van der Waals surface area contributed by atoms with E-state index in [2.05, 4.69) is 12.1 Å². The first-order chi connectivity index (χ1) is 15.2. The number of hydrogen-bond donors (Lipinski definition) is 0. The summed E-state index contributed by atoms with van der Waals surface area (Å²) in [5.74, 6) is 0.422. The smallest absolute Gasteiger partial charge is 0.337 e. The van der Waals surface area contributed by atoms with Crippen LogP contribution in [0, 0.1) is 0 Å². The highest BCUT2D eigenvalue weighted by Gasteiger charge is 2.14. The minimum atomic E-state index is -0.411. The molecule has 0 amide bonds. The van der Waals surface area contributed by atoms with Crippen molar-refractivity contribution >= 4 is 28.6 Å². The van der Waals surface area contributed by atoms with E-state index in [4.69, 9.17) is 9.72 Å². The second-order valence-electron chi connectivity index (χ2n) is 7.03. The molecular formula is C25H22N2O3S. The topological polar surface area (TPSA) is 61.2 Å². The standard InChI is InChI=1S/C25H22N2O3S/c1-30-24(29)19-13-15-20(16-14-19)27-23(28)21-11-5-6-12-22(21)26-25(27)31-17-7-10-18-8-3-2-4-9-18/h2-6,8-9,11-16H,7,10,17H2,1H3. The van der Waals surface area contributed by atoms with Gasteiger partial charge in [0.15, 0.2) is 5.16 Å². The maximum Gasteiger partial charge on any atom is 0.337 e. The van der Waals surface area contributed by atoms with E-state index in [9.17, 15) is 9.59 Å². The molecule has 0 saturated carbocycles. The van der Waals surface area contributed by atoms with Crippen molar-refractivity contribution in [2.75, 3.05) is 12.9 Å². The van der Waals surface area contributed by atoms with Gasteiger partial charge in [-0.1, -0.05) is 54.2 Å². The van der Waals surface area contributed by atoms with Crippen molar-refractivity contribution < 1.29 is 9.53 Å². The van der Waals surface area contributed by atoms with Crippen LogP contribution < -0.4 is 5.56 Å². The minimum absolute atomic E-state index is 0.123. The van der Waals surface area contributed by atoms with Gasteiger partial charge in [-0.3, -0.25) is 9.36 Å². The Morgan fingerprint density at radius 1 is 0.968 bits per heavy atom. The van der Waals surface area contributed by atoms with Crippen LogP contribution in [0.5, 0.6) is 0 Å². The lowest BCUT2D eigenvalue weighted by Gasteiger charge is -2.13. The predicted molar refractivity (Wildman–Crippen MR) is 124 cm³/mol. The Kier molecular flexibility index (Phi) is 6.48. The highest BCUT2D eigenvalue weighted by molar-refractivity contribution is 7.99. The van der Waals surface area contributed by atoms with Gasteiger partial charge in [0, 0.05) is 5.75 Å². The number of carbonyl (C=O) groups excluding carboxylic acids is 1. The van der Waals surface area contributed by atoms with E-state index in [1.807, 2.05) is 36.4 Å². The Labute approximate surface area is 184 Å². The molecule has 1 heterocycles. The normalized spacial score (nSPS) is 10.9. The first kappa shape index (κ1) is 20.9. The molecular weight excluding hydrogens is 408 g/mol. The number of esters is 1. The van der Waals surface area contributed by atoms with Crippen molar-refractivity contribution in [2.45, 2.75) is 18.0 Å². The molecule has 0 atom stereocenters. The lowest BCUT2D eigenvalue weighted by atomic mass is 10.1. The number of para-hydroxylation sites is 1. The van der Waals surface area contributed by atoms with Crippen molar-refractivity contribution in [3.63, 3.8) is 0 Å². The average Bonchev–Trinajstić information content (AvgIpc) is 2.82. The quantitative estimate of drug-likeness (QED) is 0.181. The summed E-state index contributed by atoms with van der Waals surface area (Å²) >= 11 is 1.57. The predicted octanol–water partition coefficient (Wildman–Crippen LogP) is 4.90. The Morgan fingerprint density at radius 2 is 1.68 bits per heavy atom. The van der Waals surface area contributed by atoms with Gasteiger partial charge in [-0.05, 0) is 54.8 Å². The molecule has 0 aliphatic rings. The molecule has 6 heteroatoms. The summed E-state index contributed by atoms with van der Waals surface area (Å²) in [5.41, 5.74) is 2.96. The zero-order chi connectivity index (χ0) is 21.6. The van der Waals surface area contributed by atoms with E-state index in [0.717, 1.165) is 18.6 Å². The van der Waals surface area contributed by atoms with Crippen LogP contribution in [-0.4, -0.2) is 28.4 Å². The molecule has 0 aliphatic carbocycles. The number of carbonyl (C=O) groups is 1. The molecule has 0 unspecified atom stereocenters. The van der Waals surface area contributed by atoms with Crippen molar-refractivity contribution in [2.24, 2.45) is 0 Å². The van der Waals surface area contributed by atoms with Crippen LogP contribution in [-0.2, 0) is 11.2 Å². The monoisotopic (exact) mass is 430 g/mol. The van der Waals surface area contributed by atoms with Crippen LogP contribution in [0.1, 0.15) is 22.3 Å². The average molecular weight is 431 g/mol. The second-order valence-corrected chi connectivity index (χ2v) is 8.09. The Bertz CT molecular complexity index is 1250. The van der Waals surface area contributed by atoms with E-state index in [1.54, 1.807) is 46.7 Å². The molecule has 4 rings (SSSR count). The molecule has 0 spiro atoms. The number of hydrogen-bond acceptors (Lipinski definition) is 5. The molecule has 31 heavy (non-hydrogen) atoms. The number of benzene rings is 3. The molecule has 0 saturated heterocycles. The van der Waals surface area contributed by atoms with Gasteiger partial charge in [0.2, 0.25) is 0 Å². The molecule has 0 aliphatic heterocycles. The van der Waals surface area contributed by atoms with E-state index in [-0.39, 0.29) is 5.56 Å². The number of ether oxygens (including phenoxy) is 1. The van der Waals surface area contributed by atoms with Crippen LogP contribution >= 0.6 is 11.8 Å². The number of aromatic nitrogens is 2. The lowest BCUT2D eigenvalue weighted by molar-refractivity contribution is 0.0600. The van der Waals surface area contributed by atoms with E-state index < -0.39 is 5.97 Å². The number of rotatable bonds is 7. The summed E-state index contributed by atoms with van der Waals surface area (Å²) in [6, 6.07) is 24.5. The van der Waals surface area contributed by atoms with E-state index >= 15 is 0 Å². The first-order valence-corrected chi connectivity index (χ1v) is 11.0. The highest BCUT2D eigenvalue weighted by Crippen LogP contribution is 2.23. The molecule has 0 fully saturated rings. The fourth-order valence-corrected chi connectivity index (χ4v) is 4.34. The zero-order valence-electron chi connectivity index (χ0n) is 17.2. The summed E-state index contributed by atoms with van der Waals surface area (Å²) < 4.78 is 6.39. The van der Waals surface area contributed by atoms with E-state index in [0.29, 0.717) is 27.3 Å².